The molecule has 0 radical (unpaired) electrons. The molecule has 0 aromatic carbocycles. The van der Waals surface area contributed by atoms with Crippen molar-refractivity contribution in [3.05, 3.63) is 30.0 Å². The maximum atomic E-state index is 4.06. The molecule has 0 aliphatic heterocycles. The predicted molar refractivity (Wildman–Crippen MR) is 43.1 cm³/mol. The van der Waals surface area contributed by atoms with Crippen molar-refractivity contribution in [1.82, 2.24) is 15.2 Å². The number of hydrogen-bond donors (Lipinski definition) is 0. The summed E-state index contributed by atoms with van der Waals surface area (Å²) in [6.45, 7) is 0. The molecule has 0 fully saturated rings. The van der Waals surface area contributed by atoms with Crippen molar-refractivity contribution in [3.8, 4) is 10.6 Å². The lowest BCUT2D eigenvalue weighted by Gasteiger charge is -1.90. The second-order valence-electron chi connectivity index (χ2n) is 1.97. The van der Waals surface area contributed by atoms with Crippen molar-refractivity contribution < 1.29 is 0 Å². The van der Waals surface area contributed by atoms with Gasteiger partial charge in [0.05, 0.1) is 11.1 Å². The van der Waals surface area contributed by atoms with Gasteiger partial charge in [-0.1, -0.05) is 6.07 Å². The van der Waals surface area contributed by atoms with Gasteiger partial charge in [0.2, 0.25) is 0 Å². The van der Waals surface area contributed by atoms with Gasteiger partial charge in [0.15, 0.2) is 0 Å². The van der Waals surface area contributed by atoms with Crippen LogP contribution in [-0.4, -0.2) is 15.2 Å². The second kappa shape index (κ2) is 2.75. The first-order valence-electron chi connectivity index (χ1n) is 3.13. The highest BCUT2D eigenvalue weighted by atomic mass is 32.1. The van der Waals surface area contributed by atoms with Crippen LogP contribution < -0.4 is 0 Å². The molecule has 0 bridgehead atoms. The molecule has 3 nitrogen and oxygen atoms in total. The second-order valence-corrected chi connectivity index (χ2v) is 2.91. The monoisotopic (exact) mass is 163 g/mol. The van der Waals surface area contributed by atoms with E-state index >= 15 is 0 Å². The molecule has 54 valence electrons. The lowest BCUT2D eigenvalue weighted by Crippen LogP contribution is -1.84. The molecule has 0 spiro atoms. The number of aromatic nitrogens is 3. The van der Waals surface area contributed by atoms with Crippen molar-refractivity contribution in [2.75, 3.05) is 0 Å². The van der Waals surface area contributed by atoms with Gasteiger partial charge in [0.1, 0.15) is 12.0 Å². The zero-order valence-corrected chi connectivity index (χ0v) is 6.45. The third-order valence-electron chi connectivity index (χ3n) is 1.27. The Kier molecular flexibility index (Phi) is 1.61. The summed E-state index contributed by atoms with van der Waals surface area (Å²) in [7, 11) is 0. The molecule has 4 heteroatoms. The topological polar surface area (TPSA) is 38.7 Å². The minimum Gasteiger partial charge on any atom is -0.232 e. The summed E-state index contributed by atoms with van der Waals surface area (Å²) in [5.41, 5.74) is 0.884. The summed E-state index contributed by atoms with van der Waals surface area (Å²) in [6, 6.07) is 4.00. The molecular weight excluding hydrogens is 158 g/mol. The molecule has 2 aromatic heterocycles. The van der Waals surface area contributed by atoms with Crippen molar-refractivity contribution in [2.24, 2.45) is 0 Å². The van der Waals surface area contributed by atoms with E-state index in [4.69, 9.17) is 0 Å². The molecule has 0 unspecified atom stereocenters. The lowest BCUT2D eigenvalue weighted by atomic mass is 10.4. The van der Waals surface area contributed by atoms with E-state index in [9.17, 15) is 0 Å². The minimum absolute atomic E-state index is 0.884. The highest BCUT2D eigenvalue weighted by Gasteiger charge is 1.97. The standard InChI is InChI=1S/C7H5N3S/c1-2-7(11-3-1)6-4-9-10-5-8-6/h1-5H. The smallest absolute Gasteiger partial charge is 0.138 e. The summed E-state index contributed by atoms with van der Waals surface area (Å²) in [5, 5.41) is 9.34. The fourth-order valence-corrected chi connectivity index (χ4v) is 1.48. The minimum atomic E-state index is 0.884. The van der Waals surface area contributed by atoms with Gasteiger partial charge in [-0.3, -0.25) is 0 Å². The number of thiophene rings is 1. The number of nitrogens with zero attached hydrogens (tertiary/aromatic N) is 3. The van der Waals surface area contributed by atoms with E-state index in [0.29, 0.717) is 0 Å². The molecule has 0 saturated heterocycles. The van der Waals surface area contributed by atoms with E-state index in [1.165, 1.54) is 6.33 Å². The van der Waals surface area contributed by atoms with E-state index in [2.05, 4.69) is 15.2 Å². The van der Waals surface area contributed by atoms with E-state index in [1.807, 2.05) is 17.5 Å². The van der Waals surface area contributed by atoms with Gasteiger partial charge in [0.25, 0.3) is 0 Å². The number of rotatable bonds is 1. The summed E-state index contributed by atoms with van der Waals surface area (Å²) < 4.78 is 0. The highest BCUT2D eigenvalue weighted by Crippen LogP contribution is 2.20. The Bertz CT molecular complexity index is 317. The van der Waals surface area contributed by atoms with Gasteiger partial charge in [-0.05, 0) is 11.4 Å². The van der Waals surface area contributed by atoms with Crippen LogP contribution in [-0.2, 0) is 0 Å². The summed E-state index contributed by atoms with van der Waals surface area (Å²) in [4.78, 5) is 5.18. The Morgan fingerprint density at radius 1 is 1.27 bits per heavy atom. The zero-order valence-electron chi connectivity index (χ0n) is 5.64. The van der Waals surface area contributed by atoms with Crippen molar-refractivity contribution in [2.45, 2.75) is 0 Å². The first-order chi connectivity index (χ1) is 5.47. The molecule has 0 aliphatic carbocycles. The lowest BCUT2D eigenvalue weighted by molar-refractivity contribution is 0.975. The largest absolute Gasteiger partial charge is 0.232 e. The van der Waals surface area contributed by atoms with E-state index < -0.39 is 0 Å². The molecule has 0 aliphatic rings. The zero-order chi connectivity index (χ0) is 7.52. The molecule has 2 heterocycles. The van der Waals surface area contributed by atoms with Crippen LogP contribution in [0.15, 0.2) is 30.0 Å². The first-order valence-corrected chi connectivity index (χ1v) is 4.01. The Balaban J connectivity index is 2.46. The van der Waals surface area contributed by atoms with Gasteiger partial charge in [-0.15, -0.1) is 16.4 Å². The number of hydrogen-bond acceptors (Lipinski definition) is 4. The maximum Gasteiger partial charge on any atom is 0.138 e. The highest BCUT2D eigenvalue weighted by molar-refractivity contribution is 7.13. The van der Waals surface area contributed by atoms with Crippen LogP contribution in [0.5, 0.6) is 0 Å². The molecule has 0 atom stereocenters. The van der Waals surface area contributed by atoms with Crippen molar-refractivity contribution >= 4 is 11.3 Å². The average Bonchev–Trinajstić information content (AvgIpc) is 2.58. The quantitative estimate of drug-likeness (QED) is 0.641. The molecule has 0 amide bonds. The normalized spacial score (nSPS) is 9.82. The molecule has 11 heavy (non-hydrogen) atoms. The van der Waals surface area contributed by atoms with Crippen LogP contribution >= 0.6 is 11.3 Å². The van der Waals surface area contributed by atoms with Crippen LogP contribution in [0.1, 0.15) is 0 Å². The SMILES string of the molecule is c1csc(-c2cnncn2)c1. The molecule has 0 saturated carbocycles. The van der Waals surface area contributed by atoms with Crippen LogP contribution in [0.25, 0.3) is 10.6 Å². The first kappa shape index (κ1) is 6.42. The van der Waals surface area contributed by atoms with E-state index in [-0.39, 0.29) is 0 Å². The van der Waals surface area contributed by atoms with Gasteiger partial charge in [-0.2, -0.15) is 5.10 Å². The third kappa shape index (κ3) is 1.25. The molecule has 2 rings (SSSR count). The maximum absolute atomic E-state index is 4.06. The van der Waals surface area contributed by atoms with Gasteiger partial charge < -0.3 is 0 Å². The van der Waals surface area contributed by atoms with E-state index in [0.717, 1.165) is 10.6 Å². The Hall–Kier alpha value is -1.29. The molecular formula is C7H5N3S. The van der Waals surface area contributed by atoms with Crippen LogP contribution in [0.4, 0.5) is 0 Å². The van der Waals surface area contributed by atoms with Crippen LogP contribution in [0.2, 0.25) is 0 Å². The van der Waals surface area contributed by atoms with Crippen molar-refractivity contribution in [1.29, 1.82) is 0 Å². The fraction of sp³-hybridized carbons (Fsp3) is 0. The third-order valence-corrected chi connectivity index (χ3v) is 2.16. The summed E-state index contributed by atoms with van der Waals surface area (Å²) >= 11 is 1.65. The van der Waals surface area contributed by atoms with Gasteiger partial charge >= 0.3 is 0 Å². The Morgan fingerprint density at radius 3 is 2.91 bits per heavy atom. The summed E-state index contributed by atoms with van der Waals surface area (Å²) in [5.74, 6) is 0. The van der Waals surface area contributed by atoms with Crippen LogP contribution in [0.3, 0.4) is 0 Å². The van der Waals surface area contributed by atoms with Crippen molar-refractivity contribution in [3.63, 3.8) is 0 Å². The van der Waals surface area contributed by atoms with E-state index in [1.54, 1.807) is 17.5 Å². The van der Waals surface area contributed by atoms with Gasteiger partial charge in [-0.25, -0.2) is 4.98 Å². The average molecular weight is 163 g/mol. The van der Waals surface area contributed by atoms with Gasteiger partial charge in [0, 0.05) is 0 Å². The molecule has 0 N–H and O–H groups in total. The summed E-state index contributed by atoms with van der Waals surface area (Å²) in [6.07, 6.45) is 3.11. The van der Waals surface area contributed by atoms with Crippen LogP contribution in [0, 0.1) is 0 Å². The Morgan fingerprint density at radius 2 is 2.27 bits per heavy atom. The Labute approximate surface area is 67.8 Å². The molecule has 2 aromatic rings. The fourth-order valence-electron chi connectivity index (χ4n) is 0.791. The predicted octanol–water partition coefficient (Wildman–Crippen LogP) is 1.60.